The highest BCUT2D eigenvalue weighted by Gasteiger charge is 2.22. The molecule has 5 heteroatoms. The number of carboxylic acids is 1. The smallest absolute Gasteiger partial charge is 0.303 e. The van der Waals surface area contributed by atoms with Gasteiger partial charge in [0, 0.05) is 6.42 Å². The van der Waals surface area contributed by atoms with E-state index in [0.717, 1.165) is 0 Å². The Kier molecular flexibility index (Phi) is 3.27. The maximum atomic E-state index is 10.4. The van der Waals surface area contributed by atoms with E-state index >= 15 is 0 Å². The minimum absolute atomic E-state index is 0.0750. The Balaban J connectivity index is 2.06. The molecule has 0 aromatic heterocycles. The molecule has 0 amide bonds. The van der Waals surface area contributed by atoms with Crippen molar-refractivity contribution in [2.24, 2.45) is 4.99 Å². The monoisotopic (exact) mass is 235 g/mol. The van der Waals surface area contributed by atoms with E-state index in [2.05, 4.69) is 4.99 Å². The number of benzene rings is 1. The Bertz CT molecular complexity index is 456. The second-order valence-corrected chi connectivity index (χ2v) is 3.85. The highest BCUT2D eigenvalue weighted by Crippen LogP contribution is 2.22. The number of phenols is 1. The largest absolute Gasteiger partial charge is 0.507 e. The quantitative estimate of drug-likeness (QED) is 0.826. The van der Waals surface area contributed by atoms with Crippen molar-refractivity contribution in [2.75, 3.05) is 6.61 Å². The summed E-state index contributed by atoms with van der Waals surface area (Å²) in [6.45, 7) is 0.372. The molecule has 1 heterocycles. The molecule has 2 rings (SSSR count). The third-order valence-corrected chi connectivity index (χ3v) is 2.54. The van der Waals surface area contributed by atoms with Crippen molar-refractivity contribution < 1.29 is 19.7 Å². The molecule has 1 unspecified atom stereocenters. The molecule has 0 fully saturated rings. The van der Waals surface area contributed by atoms with Gasteiger partial charge in [0.25, 0.3) is 0 Å². The van der Waals surface area contributed by atoms with Gasteiger partial charge in [0.15, 0.2) is 0 Å². The number of aliphatic carboxylic acids is 1. The SMILES string of the molecule is O=C(O)CCC1COC(c2ccccc2O)=N1. The minimum atomic E-state index is -0.837. The molecule has 1 aliphatic heterocycles. The van der Waals surface area contributed by atoms with Crippen molar-refractivity contribution in [1.29, 1.82) is 0 Å². The van der Waals surface area contributed by atoms with Crippen LogP contribution < -0.4 is 0 Å². The molecule has 0 bridgehead atoms. The maximum Gasteiger partial charge on any atom is 0.303 e. The van der Waals surface area contributed by atoms with Crippen molar-refractivity contribution in [3.8, 4) is 5.75 Å². The van der Waals surface area contributed by atoms with Crippen molar-refractivity contribution >= 4 is 11.9 Å². The zero-order chi connectivity index (χ0) is 12.3. The highest BCUT2D eigenvalue weighted by atomic mass is 16.5. The van der Waals surface area contributed by atoms with Gasteiger partial charge in [-0.3, -0.25) is 4.79 Å². The summed E-state index contributed by atoms with van der Waals surface area (Å²) < 4.78 is 5.36. The topological polar surface area (TPSA) is 79.1 Å². The van der Waals surface area contributed by atoms with E-state index in [1.54, 1.807) is 24.3 Å². The fraction of sp³-hybridized carbons (Fsp3) is 0.333. The first kappa shape index (κ1) is 11.4. The van der Waals surface area contributed by atoms with Crippen LogP contribution in [0.3, 0.4) is 0 Å². The summed E-state index contributed by atoms with van der Waals surface area (Å²) in [7, 11) is 0. The molecular weight excluding hydrogens is 222 g/mol. The number of aliphatic imine (C=N–C) groups is 1. The van der Waals surface area contributed by atoms with Crippen LogP contribution in [-0.2, 0) is 9.53 Å². The molecule has 0 spiro atoms. The third kappa shape index (κ3) is 2.75. The lowest BCUT2D eigenvalue weighted by Gasteiger charge is -2.02. The van der Waals surface area contributed by atoms with Gasteiger partial charge in [-0.2, -0.15) is 0 Å². The van der Waals surface area contributed by atoms with Crippen LogP contribution in [0.25, 0.3) is 0 Å². The highest BCUT2D eigenvalue weighted by molar-refractivity contribution is 5.97. The van der Waals surface area contributed by atoms with Gasteiger partial charge in [0.05, 0.1) is 11.6 Å². The van der Waals surface area contributed by atoms with Gasteiger partial charge in [0.2, 0.25) is 5.90 Å². The lowest BCUT2D eigenvalue weighted by Crippen LogP contribution is -2.08. The Morgan fingerprint density at radius 1 is 1.47 bits per heavy atom. The predicted molar refractivity (Wildman–Crippen MR) is 61.3 cm³/mol. The summed E-state index contributed by atoms with van der Waals surface area (Å²) in [5.74, 6) is -0.333. The number of ether oxygens (including phenoxy) is 1. The molecule has 1 aromatic rings. The van der Waals surface area contributed by atoms with Crippen LogP contribution in [0.2, 0.25) is 0 Å². The second kappa shape index (κ2) is 4.86. The molecular formula is C12H13NO4. The lowest BCUT2D eigenvalue weighted by molar-refractivity contribution is -0.137. The third-order valence-electron chi connectivity index (χ3n) is 2.54. The number of nitrogens with zero attached hydrogens (tertiary/aromatic N) is 1. The summed E-state index contributed by atoms with van der Waals surface area (Å²) >= 11 is 0. The van der Waals surface area contributed by atoms with Crippen molar-refractivity contribution in [3.63, 3.8) is 0 Å². The summed E-state index contributed by atoms with van der Waals surface area (Å²) in [5, 5.41) is 18.2. The normalized spacial score (nSPS) is 18.6. The van der Waals surface area contributed by atoms with Crippen LogP contribution in [0.15, 0.2) is 29.3 Å². The van der Waals surface area contributed by atoms with E-state index in [0.29, 0.717) is 24.5 Å². The lowest BCUT2D eigenvalue weighted by atomic mass is 10.2. The molecule has 0 saturated carbocycles. The number of para-hydroxylation sites is 1. The van der Waals surface area contributed by atoms with Gasteiger partial charge in [-0.15, -0.1) is 0 Å². The number of aromatic hydroxyl groups is 1. The van der Waals surface area contributed by atoms with E-state index in [-0.39, 0.29) is 18.2 Å². The van der Waals surface area contributed by atoms with Crippen LogP contribution in [0, 0.1) is 0 Å². The molecule has 0 aliphatic carbocycles. The standard InChI is InChI=1S/C12H13NO4/c14-10-4-2-1-3-9(10)12-13-8(7-17-12)5-6-11(15)16/h1-4,8,14H,5-7H2,(H,15,16). The Morgan fingerprint density at radius 2 is 2.24 bits per heavy atom. The Morgan fingerprint density at radius 3 is 2.94 bits per heavy atom. The van der Waals surface area contributed by atoms with Crippen LogP contribution in [0.4, 0.5) is 0 Å². The second-order valence-electron chi connectivity index (χ2n) is 3.85. The zero-order valence-corrected chi connectivity index (χ0v) is 9.17. The number of rotatable bonds is 4. The number of carboxylic acid groups (broad SMARTS) is 1. The fourth-order valence-corrected chi connectivity index (χ4v) is 1.66. The van der Waals surface area contributed by atoms with Crippen LogP contribution in [-0.4, -0.2) is 34.7 Å². The maximum absolute atomic E-state index is 10.4. The van der Waals surface area contributed by atoms with Crippen molar-refractivity contribution in [2.45, 2.75) is 18.9 Å². The average molecular weight is 235 g/mol. The van der Waals surface area contributed by atoms with Gasteiger partial charge in [-0.05, 0) is 18.6 Å². The van der Waals surface area contributed by atoms with Crippen LogP contribution in [0.1, 0.15) is 18.4 Å². The number of hydrogen-bond acceptors (Lipinski definition) is 4. The first-order valence-corrected chi connectivity index (χ1v) is 5.37. The zero-order valence-electron chi connectivity index (χ0n) is 9.17. The molecule has 0 radical (unpaired) electrons. The Hall–Kier alpha value is -2.04. The Labute approximate surface area is 98.4 Å². The van der Waals surface area contributed by atoms with Gasteiger partial charge >= 0.3 is 5.97 Å². The average Bonchev–Trinajstić information content (AvgIpc) is 2.75. The summed E-state index contributed by atoms with van der Waals surface area (Å²) in [6.07, 6.45) is 0.526. The summed E-state index contributed by atoms with van der Waals surface area (Å²) in [5.41, 5.74) is 0.547. The first-order valence-electron chi connectivity index (χ1n) is 5.37. The number of carbonyl (C=O) groups is 1. The molecule has 90 valence electrons. The summed E-state index contributed by atoms with van der Waals surface area (Å²) in [6, 6.07) is 6.64. The molecule has 2 N–H and O–H groups in total. The first-order chi connectivity index (χ1) is 8.16. The van der Waals surface area contributed by atoms with E-state index in [4.69, 9.17) is 9.84 Å². The van der Waals surface area contributed by atoms with Crippen LogP contribution >= 0.6 is 0 Å². The van der Waals surface area contributed by atoms with Gasteiger partial charge < -0.3 is 14.9 Å². The molecule has 1 aromatic carbocycles. The molecule has 0 saturated heterocycles. The van der Waals surface area contributed by atoms with Crippen molar-refractivity contribution in [3.05, 3.63) is 29.8 Å². The van der Waals surface area contributed by atoms with E-state index in [1.165, 1.54) is 0 Å². The number of hydrogen-bond donors (Lipinski definition) is 2. The van der Waals surface area contributed by atoms with Crippen molar-refractivity contribution in [1.82, 2.24) is 0 Å². The molecule has 5 nitrogen and oxygen atoms in total. The van der Waals surface area contributed by atoms with Gasteiger partial charge in [-0.25, -0.2) is 4.99 Å². The minimum Gasteiger partial charge on any atom is -0.507 e. The fourth-order valence-electron chi connectivity index (χ4n) is 1.66. The number of phenolic OH excluding ortho intramolecular Hbond substituents is 1. The van der Waals surface area contributed by atoms with Crippen LogP contribution in [0.5, 0.6) is 5.75 Å². The molecule has 1 atom stereocenters. The van der Waals surface area contributed by atoms with E-state index < -0.39 is 5.97 Å². The predicted octanol–water partition coefficient (Wildman–Crippen LogP) is 1.40. The van der Waals surface area contributed by atoms with E-state index in [9.17, 15) is 9.90 Å². The van der Waals surface area contributed by atoms with Gasteiger partial charge in [0.1, 0.15) is 12.4 Å². The van der Waals surface area contributed by atoms with E-state index in [1.807, 2.05) is 0 Å². The molecule has 17 heavy (non-hydrogen) atoms. The van der Waals surface area contributed by atoms with Gasteiger partial charge in [-0.1, -0.05) is 12.1 Å². The molecule has 1 aliphatic rings. The summed E-state index contributed by atoms with van der Waals surface area (Å²) in [4.78, 5) is 14.7.